The SMILES string of the molecule is CC(C)(CNC(=O)OC(C)(C)C)NC(=O)COc1ccc(I)cc1. The third-order valence-corrected chi connectivity index (χ3v) is 3.45. The molecule has 1 aromatic carbocycles. The van der Waals surface area contributed by atoms with Crippen LogP contribution < -0.4 is 15.4 Å². The van der Waals surface area contributed by atoms with Crippen LogP contribution in [-0.4, -0.2) is 36.3 Å². The van der Waals surface area contributed by atoms with E-state index in [2.05, 4.69) is 33.2 Å². The van der Waals surface area contributed by atoms with Crippen LogP contribution in [-0.2, 0) is 9.53 Å². The maximum atomic E-state index is 12.0. The lowest BCUT2D eigenvalue weighted by molar-refractivity contribution is -0.124. The molecule has 0 aliphatic carbocycles. The molecule has 24 heavy (non-hydrogen) atoms. The summed E-state index contributed by atoms with van der Waals surface area (Å²) in [5.74, 6) is 0.375. The highest BCUT2D eigenvalue weighted by Crippen LogP contribution is 2.13. The van der Waals surface area contributed by atoms with Crippen molar-refractivity contribution in [2.24, 2.45) is 0 Å². The van der Waals surface area contributed by atoms with Crippen molar-refractivity contribution < 1.29 is 19.1 Å². The molecular formula is C17H25IN2O4. The second-order valence-electron chi connectivity index (χ2n) is 7.03. The quantitative estimate of drug-likeness (QED) is 0.656. The maximum absolute atomic E-state index is 12.0. The van der Waals surface area contributed by atoms with E-state index in [0.717, 1.165) is 3.57 Å². The summed E-state index contributed by atoms with van der Waals surface area (Å²) in [4.78, 5) is 23.6. The van der Waals surface area contributed by atoms with Gasteiger partial charge in [0.15, 0.2) is 6.61 Å². The molecule has 0 fully saturated rings. The van der Waals surface area contributed by atoms with E-state index >= 15 is 0 Å². The van der Waals surface area contributed by atoms with E-state index in [4.69, 9.17) is 9.47 Å². The summed E-state index contributed by atoms with van der Waals surface area (Å²) < 4.78 is 11.7. The molecular weight excluding hydrogens is 423 g/mol. The number of rotatable bonds is 6. The first-order valence-corrected chi connectivity index (χ1v) is 8.71. The van der Waals surface area contributed by atoms with Crippen LogP contribution in [0.2, 0.25) is 0 Å². The normalized spacial score (nSPS) is 11.6. The van der Waals surface area contributed by atoms with E-state index in [9.17, 15) is 9.59 Å². The molecule has 0 radical (unpaired) electrons. The van der Waals surface area contributed by atoms with Crippen molar-refractivity contribution in [2.75, 3.05) is 13.2 Å². The zero-order valence-electron chi connectivity index (χ0n) is 14.7. The van der Waals surface area contributed by atoms with Gasteiger partial charge in [-0.3, -0.25) is 4.79 Å². The number of benzene rings is 1. The first-order valence-electron chi connectivity index (χ1n) is 7.63. The maximum Gasteiger partial charge on any atom is 0.407 e. The highest BCUT2D eigenvalue weighted by molar-refractivity contribution is 14.1. The number of hydrogen-bond donors (Lipinski definition) is 2. The minimum Gasteiger partial charge on any atom is -0.484 e. The van der Waals surface area contributed by atoms with E-state index in [1.165, 1.54) is 0 Å². The van der Waals surface area contributed by atoms with Gasteiger partial charge in [-0.2, -0.15) is 0 Å². The van der Waals surface area contributed by atoms with Crippen LogP contribution in [0.5, 0.6) is 5.75 Å². The lowest BCUT2D eigenvalue weighted by Gasteiger charge is -2.27. The standard InChI is InChI=1S/C17H25IN2O4/c1-16(2,3)24-15(22)19-11-17(4,5)20-14(21)10-23-13-8-6-12(18)7-9-13/h6-9H,10-11H2,1-5H3,(H,19,22)(H,20,21). The number of carbonyl (C=O) groups is 2. The molecule has 0 saturated carbocycles. The van der Waals surface area contributed by atoms with Gasteiger partial charge in [0.25, 0.3) is 5.91 Å². The van der Waals surface area contributed by atoms with Gasteiger partial charge in [0.2, 0.25) is 0 Å². The van der Waals surface area contributed by atoms with Crippen molar-refractivity contribution in [3.05, 3.63) is 27.8 Å². The second-order valence-corrected chi connectivity index (χ2v) is 8.28. The molecule has 2 N–H and O–H groups in total. The third kappa shape index (κ3) is 8.95. The average Bonchev–Trinajstić information content (AvgIpc) is 2.42. The molecule has 0 bridgehead atoms. The Morgan fingerprint density at radius 2 is 1.67 bits per heavy atom. The molecule has 2 amide bonds. The van der Waals surface area contributed by atoms with Crippen molar-refractivity contribution in [3.63, 3.8) is 0 Å². The molecule has 7 heteroatoms. The topological polar surface area (TPSA) is 76.7 Å². The number of carbonyl (C=O) groups excluding carboxylic acids is 2. The number of hydrogen-bond acceptors (Lipinski definition) is 4. The summed E-state index contributed by atoms with van der Waals surface area (Å²) >= 11 is 2.20. The first-order chi connectivity index (χ1) is 11.0. The van der Waals surface area contributed by atoms with Crippen molar-refractivity contribution in [3.8, 4) is 5.75 Å². The van der Waals surface area contributed by atoms with Crippen LogP contribution in [0.25, 0.3) is 0 Å². The van der Waals surface area contributed by atoms with Gasteiger partial charge in [-0.05, 0) is 81.5 Å². The molecule has 1 rings (SSSR count). The monoisotopic (exact) mass is 448 g/mol. The van der Waals surface area contributed by atoms with Crippen molar-refractivity contribution in [2.45, 2.75) is 45.8 Å². The van der Waals surface area contributed by atoms with E-state index in [1.54, 1.807) is 20.8 Å². The van der Waals surface area contributed by atoms with Crippen LogP contribution in [0, 0.1) is 3.57 Å². The van der Waals surface area contributed by atoms with Crippen LogP contribution >= 0.6 is 22.6 Å². The van der Waals surface area contributed by atoms with Gasteiger partial charge in [-0.15, -0.1) is 0 Å². The molecule has 1 aromatic rings. The Morgan fingerprint density at radius 1 is 1.08 bits per heavy atom. The lowest BCUT2D eigenvalue weighted by Crippen LogP contribution is -2.53. The Bertz CT molecular complexity index is 565. The van der Waals surface area contributed by atoms with Gasteiger partial charge in [0.1, 0.15) is 11.4 Å². The molecule has 0 heterocycles. The van der Waals surface area contributed by atoms with Gasteiger partial charge < -0.3 is 20.1 Å². The average molecular weight is 448 g/mol. The van der Waals surface area contributed by atoms with E-state index < -0.39 is 17.2 Å². The van der Waals surface area contributed by atoms with Crippen LogP contribution in [0.4, 0.5) is 4.79 Å². The van der Waals surface area contributed by atoms with Crippen molar-refractivity contribution >= 4 is 34.6 Å². The predicted molar refractivity (Wildman–Crippen MR) is 101 cm³/mol. The number of nitrogens with one attached hydrogen (secondary N) is 2. The summed E-state index contributed by atoms with van der Waals surface area (Å²) in [7, 11) is 0. The zero-order valence-corrected chi connectivity index (χ0v) is 16.9. The number of alkyl carbamates (subject to hydrolysis) is 1. The van der Waals surface area contributed by atoms with Crippen molar-refractivity contribution in [1.82, 2.24) is 10.6 Å². The largest absolute Gasteiger partial charge is 0.484 e. The van der Waals surface area contributed by atoms with Crippen LogP contribution in [0.15, 0.2) is 24.3 Å². The Labute approximate surface area is 156 Å². The van der Waals surface area contributed by atoms with E-state index in [1.807, 2.05) is 38.1 Å². The Morgan fingerprint density at radius 3 is 2.21 bits per heavy atom. The highest BCUT2D eigenvalue weighted by Gasteiger charge is 2.23. The summed E-state index contributed by atoms with van der Waals surface area (Å²) in [5.41, 5.74) is -1.18. The summed E-state index contributed by atoms with van der Waals surface area (Å²) in [6, 6.07) is 7.43. The Kier molecular flexibility index (Phi) is 7.31. The smallest absolute Gasteiger partial charge is 0.407 e. The lowest BCUT2D eigenvalue weighted by atomic mass is 10.1. The van der Waals surface area contributed by atoms with Gasteiger partial charge in [0.05, 0.1) is 5.54 Å². The molecule has 0 aliphatic heterocycles. The summed E-state index contributed by atoms with van der Waals surface area (Å²) in [6.07, 6.45) is -0.514. The number of amides is 2. The molecule has 0 saturated heterocycles. The molecule has 134 valence electrons. The highest BCUT2D eigenvalue weighted by atomic mass is 127. The van der Waals surface area contributed by atoms with Gasteiger partial charge in [-0.1, -0.05) is 0 Å². The fraction of sp³-hybridized carbons (Fsp3) is 0.529. The number of ether oxygens (including phenoxy) is 2. The van der Waals surface area contributed by atoms with Crippen LogP contribution in [0.3, 0.4) is 0 Å². The van der Waals surface area contributed by atoms with Gasteiger partial charge in [-0.25, -0.2) is 4.79 Å². The second kappa shape index (κ2) is 8.55. The molecule has 0 spiro atoms. The fourth-order valence-corrected chi connectivity index (χ4v) is 2.10. The minimum absolute atomic E-state index is 0.0868. The first kappa shape index (κ1) is 20.5. The molecule has 0 aliphatic rings. The van der Waals surface area contributed by atoms with Gasteiger partial charge >= 0.3 is 6.09 Å². The molecule has 0 atom stereocenters. The Balaban J connectivity index is 2.38. The van der Waals surface area contributed by atoms with Crippen molar-refractivity contribution in [1.29, 1.82) is 0 Å². The zero-order chi connectivity index (χ0) is 18.4. The van der Waals surface area contributed by atoms with E-state index in [0.29, 0.717) is 5.75 Å². The van der Waals surface area contributed by atoms with Crippen LogP contribution in [0.1, 0.15) is 34.6 Å². The Hall–Kier alpha value is -1.51. The molecule has 0 unspecified atom stereocenters. The third-order valence-electron chi connectivity index (χ3n) is 2.73. The summed E-state index contributed by atoms with van der Waals surface area (Å²) in [6.45, 7) is 9.16. The summed E-state index contributed by atoms with van der Waals surface area (Å²) in [5, 5.41) is 5.47. The molecule has 0 aromatic heterocycles. The number of halogens is 1. The molecule has 6 nitrogen and oxygen atoms in total. The predicted octanol–water partition coefficient (Wildman–Crippen LogP) is 3.09. The van der Waals surface area contributed by atoms with E-state index in [-0.39, 0.29) is 19.1 Å². The van der Waals surface area contributed by atoms with Gasteiger partial charge in [0, 0.05) is 10.1 Å². The fourth-order valence-electron chi connectivity index (χ4n) is 1.74. The minimum atomic E-state index is -0.622.